The van der Waals surface area contributed by atoms with Crippen LogP contribution in [0.2, 0.25) is 0 Å². The van der Waals surface area contributed by atoms with Crippen LogP contribution in [0.1, 0.15) is 18.9 Å². The van der Waals surface area contributed by atoms with Crippen LogP contribution in [0.25, 0.3) is 10.4 Å². The molecule has 84 valence electrons. The first-order chi connectivity index (χ1) is 7.75. The van der Waals surface area contributed by atoms with E-state index in [2.05, 4.69) is 48.4 Å². The molecule has 0 aliphatic heterocycles. The molecule has 1 aromatic carbocycles. The number of rotatable bonds is 4. The minimum atomic E-state index is 0.504. The Balaban J connectivity index is 2.08. The molecule has 0 radical (unpaired) electrons. The summed E-state index contributed by atoms with van der Waals surface area (Å²) >= 11 is 1.75. The van der Waals surface area contributed by atoms with Gasteiger partial charge >= 0.3 is 0 Å². The fourth-order valence-corrected chi connectivity index (χ4v) is 2.29. The van der Waals surface area contributed by atoms with Crippen molar-refractivity contribution in [3.05, 3.63) is 41.5 Å². The summed E-state index contributed by atoms with van der Waals surface area (Å²) < 4.78 is 0. The van der Waals surface area contributed by atoms with Gasteiger partial charge in [-0.2, -0.15) is 0 Å². The number of nitrogens with zero attached hydrogens (tertiary/aromatic N) is 1. The van der Waals surface area contributed by atoms with Crippen molar-refractivity contribution in [3.63, 3.8) is 0 Å². The zero-order chi connectivity index (χ0) is 11.4. The standard InChI is InChI=1S/C13H16N2S/c1-10(2)14-9-13-15-8-12(16-13)11-6-4-3-5-7-11/h3-8,10,14H,9H2,1-2H3. The highest BCUT2D eigenvalue weighted by Crippen LogP contribution is 2.25. The molecule has 1 N–H and O–H groups in total. The molecule has 0 amide bonds. The maximum atomic E-state index is 4.42. The van der Waals surface area contributed by atoms with Crippen LogP contribution in [0.3, 0.4) is 0 Å². The lowest BCUT2D eigenvalue weighted by molar-refractivity contribution is 0.587. The van der Waals surface area contributed by atoms with Gasteiger partial charge in [-0.05, 0) is 5.56 Å². The van der Waals surface area contributed by atoms with Crippen molar-refractivity contribution in [1.82, 2.24) is 10.3 Å². The molecule has 0 atom stereocenters. The van der Waals surface area contributed by atoms with Gasteiger partial charge in [0.05, 0.1) is 4.88 Å². The number of hydrogen-bond acceptors (Lipinski definition) is 3. The molecule has 1 heterocycles. The van der Waals surface area contributed by atoms with E-state index in [-0.39, 0.29) is 0 Å². The summed E-state index contributed by atoms with van der Waals surface area (Å²) in [5.41, 5.74) is 1.25. The normalized spacial score (nSPS) is 10.9. The lowest BCUT2D eigenvalue weighted by Crippen LogP contribution is -2.21. The molecule has 2 rings (SSSR count). The van der Waals surface area contributed by atoms with Gasteiger partial charge in [0, 0.05) is 18.8 Å². The molecule has 0 aliphatic rings. The van der Waals surface area contributed by atoms with Crippen LogP contribution in [0.15, 0.2) is 36.5 Å². The first-order valence-electron chi connectivity index (χ1n) is 5.49. The second-order valence-electron chi connectivity index (χ2n) is 4.02. The first kappa shape index (κ1) is 11.3. The van der Waals surface area contributed by atoms with Crippen molar-refractivity contribution < 1.29 is 0 Å². The van der Waals surface area contributed by atoms with E-state index >= 15 is 0 Å². The molecule has 0 unspecified atom stereocenters. The Hall–Kier alpha value is -1.19. The molecule has 1 aromatic heterocycles. The molecular formula is C13H16N2S. The Morgan fingerprint density at radius 3 is 2.69 bits per heavy atom. The molecule has 2 nitrogen and oxygen atoms in total. The maximum absolute atomic E-state index is 4.42. The van der Waals surface area contributed by atoms with E-state index in [4.69, 9.17) is 0 Å². The van der Waals surface area contributed by atoms with Gasteiger partial charge in [-0.15, -0.1) is 11.3 Å². The Labute approximate surface area is 100 Å². The molecule has 0 saturated heterocycles. The van der Waals surface area contributed by atoms with Crippen LogP contribution in [0.4, 0.5) is 0 Å². The zero-order valence-corrected chi connectivity index (χ0v) is 10.4. The van der Waals surface area contributed by atoms with Gasteiger partial charge in [-0.1, -0.05) is 44.2 Å². The number of nitrogens with one attached hydrogen (secondary N) is 1. The first-order valence-corrected chi connectivity index (χ1v) is 6.31. The fourth-order valence-electron chi connectivity index (χ4n) is 1.42. The minimum absolute atomic E-state index is 0.504. The smallest absolute Gasteiger partial charge is 0.107 e. The zero-order valence-electron chi connectivity index (χ0n) is 9.60. The number of hydrogen-bond donors (Lipinski definition) is 1. The van der Waals surface area contributed by atoms with Gasteiger partial charge in [-0.3, -0.25) is 0 Å². The predicted octanol–water partition coefficient (Wildman–Crippen LogP) is 3.31. The molecule has 0 saturated carbocycles. The monoisotopic (exact) mass is 232 g/mol. The molecular weight excluding hydrogens is 216 g/mol. The Morgan fingerprint density at radius 1 is 1.25 bits per heavy atom. The second kappa shape index (κ2) is 5.23. The quantitative estimate of drug-likeness (QED) is 0.874. The third kappa shape index (κ3) is 2.90. The second-order valence-corrected chi connectivity index (χ2v) is 5.14. The van der Waals surface area contributed by atoms with Crippen LogP contribution in [0, 0.1) is 0 Å². The summed E-state index contributed by atoms with van der Waals surface area (Å²) in [6, 6.07) is 10.9. The highest BCUT2D eigenvalue weighted by Gasteiger charge is 2.04. The van der Waals surface area contributed by atoms with Crippen molar-refractivity contribution >= 4 is 11.3 Å². The summed E-state index contributed by atoms with van der Waals surface area (Å²) in [4.78, 5) is 5.66. The van der Waals surface area contributed by atoms with Gasteiger partial charge in [0.1, 0.15) is 5.01 Å². The van der Waals surface area contributed by atoms with E-state index in [1.807, 2.05) is 12.3 Å². The molecule has 0 fully saturated rings. The Bertz CT molecular complexity index is 434. The minimum Gasteiger partial charge on any atom is -0.308 e. The summed E-state index contributed by atoms with van der Waals surface area (Å²) in [6.07, 6.45) is 1.96. The SMILES string of the molecule is CC(C)NCc1ncc(-c2ccccc2)s1. The van der Waals surface area contributed by atoms with Crippen LogP contribution >= 0.6 is 11.3 Å². The number of benzene rings is 1. The lowest BCUT2D eigenvalue weighted by Gasteiger charge is -2.04. The highest BCUT2D eigenvalue weighted by molar-refractivity contribution is 7.15. The predicted molar refractivity (Wildman–Crippen MR) is 69.5 cm³/mol. The molecule has 3 heteroatoms. The largest absolute Gasteiger partial charge is 0.308 e. The summed E-state index contributed by atoms with van der Waals surface area (Å²) in [5.74, 6) is 0. The van der Waals surface area contributed by atoms with E-state index in [0.717, 1.165) is 11.6 Å². The third-order valence-corrected chi connectivity index (χ3v) is 3.32. The van der Waals surface area contributed by atoms with Crippen LogP contribution < -0.4 is 5.32 Å². The lowest BCUT2D eigenvalue weighted by atomic mass is 10.2. The maximum Gasteiger partial charge on any atom is 0.107 e. The van der Waals surface area contributed by atoms with E-state index in [1.165, 1.54) is 10.4 Å². The van der Waals surface area contributed by atoms with Crippen LogP contribution in [-0.4, -0.2) is 11.0 Å². The van der Waals surface area contributed by atoms with Gasteiger partial charge in [-0.25, -0.2) is 4.98 Å². The number of thiazole rings is 1. The molecule has 16 heavy (non-hydrogen) atoms. The van der Waals surface area contributed by atoms with Crippen LogP contribution in [-0.2, 0) is 6.54 Å². The third-order valence-electron chi connectivity index (χ3n) is 2.27. The topological polar surface area (TPSA) is 24.9 Å². The average Bonchev–Trinajstić information content (AvgIpc) is 2.76. The Kier molecular flexibility index (Phi) is 3.70. The highest BCUT2D eigenvalue weighted by atomic mass is 32.1. The van der Waals surface area contributed by atoms with Crippen molar-refractivity contribution in [3.8, 4) is 10.4 Å². The average molecular weight is 232 g/mol. The van der Waals surface area contributed by atoms with Gasteiger partial charge < -0.3 is 5.32 Å². The fraction of sp³-hybridized carbons (Fsp3) is 0.308. The Morgan fingerprint density at radius 2 is 2.00 bits per heavy atom. The molecule has 0 bridgehead atoms. The van der Waals surface area contributed by atoms with Gasteiger partial charge in [0.25, 0.3) is 0 Å². The summed E-state index contributed by atoms with van der Waals surface area (Å²) in [6.45, 7) is 5.15. The van der Waals surface area contributed by atoms with Crippen molar-refractivity contribution in [2.24, 2.45) is 0 Å². The van der Waals surface area contributed by atoms with Crippen molar-refractivity contribution in [2.75, 3.05) is 0 Å². The molecule has 2 aromatic rings. The van der Waals surface area contributed by atoms with Crippen molar-refractivity contribution in [2.45, 2.75) is 26.4 Å². The molecule has 0 spiro atoms. The van der Waals surface area contributed by atoms with E-state index in [0.29, 0.717) is 6.04 Å². The van der Waals surface area contributed by atoms with Gasteiger partial charge in [0.2, 0.25) is 0 Å². The number of aromatic nitrogens is 1. The summed E-state index contributed by atoms with van der Waals surface area (Å²) in [7, 11) is 0. The van der Waals surface area contributed by atoms with Crippen LogP contribution in [0.5, 0.6) is 0 Å². The van der Waals surface area contributed by atoms with Crippen molar-refractivity contribution in [1.29, 1.82) is 0 Å². The van der Waals surface area contributed by atoms with Gasteiger partial charge in [0.15, 0.2) is 0 Å². The van der Waals surface area contributed by atoms with E-state index < -0.39 is 0 Å². The summed E-state index contributed by atoms with van der Waals surface area (Å²) in [5, 5.41) is 4.52. The van der Waals surface area contributed by atoms with E-state index in [9.17, 15) is 0 Å². The molecule has 0 aliphatic carbocycles. The van der Waals surface area contributed by atoms with E-state index in [1.54, 1.807) is 11.3 Å².